The molecular weight excluding hydrogens is 158 g/mol. The fourth-order valence-corrected chi connectivity index (χ4v) is 1.75. The monoisotopic (exact) mass is 165 g/mol. The maximum atomic E-state index is 9.33. The fraction of sp³-hybridized carbons (Fsp3) is 0.800. The Hall–Kier alpha value is 0.270. The lowest BCUT2D eigenvalue weighted by atomic mass is 10.3. The average molecular weight is 166 g/mol. The number of aliphatic hydroxyl groups is 1. The van der Waals surface area contributed by atoms with Gasteiger partial charge in [-0.05, 0) is 6.92 Å². The zero-order valence-corrected chi connectivity index (χ0v) is 6.67. The number of nitrogens with zero attached hydrogens (tertiary/aromatic N) is 1. The fourth-order valence-electron chi connectivity index (χ4n) is 0.646. The molecule has 0 bridgehead atoms. The van der Waals surface area contributed by atoms with Crippen LogP contribution in [-0.2, 0) is 0 Å². The van der Waals surface area contributed by atoms with Gasteiger partial charge in [-0.15, -0.1) is 23.4 Å². The van der Waals surface area contributed by atoms with Crippen molar-refractivity contribution in [1.82, 2.24) is 0 Å². The van der Waals surface area contributed by atoms with E-state index in [2.05, 4.69) is 4.99 Å². The van der Waals surface area contributed by atoms with Gasteiger partial charge in [-0.25, -0.2) is 4.99 Å². The SMILES string of the molecule is CC1=NC(O)(CCl)CS1. The lowest BCUT2D eigenvalue weighted by molar-refractivity contribution is 0.102. The van der Waals surface area contributed by atoms with Crippen LogP contribution in [0.3, 0.4) is 0 Å². The van der Waals surface area contributed by atoms with E-state index in [1.165, 1.54) is 0 Å². The van der Waals surface area contributed by atoms with E-state index in [-0.39, 0.29) is 5.88 Å². The summed E-state index contributed by atoms with van der Waals surface area (Å²) >= 11 is 6.99. The van der Waals surface area contributed by atoms with E-state index in [4.69, 9.17) is 11.6 Å². The summed E-state index contributed by atoms with van der Waals surface area (Å²) in [6.45, 7) is 1.87. The van der Waals surface area contributed by atoms with Crippen LogP contribution in [0.25, 0.3) is 0 Å². The summed E-state index contributed by atoms with van der Waals surface area (Å²) in [6, 6.07) is 0. The number of hydrogen-bond acceptors (Lipinski definition) is 3. The summed E-state index contributed by atoms with van der Waals surface area (Å²) in [6.07, 6.45) is 0. The maximum absolute atomic E-state index is 9.33. The third kappa shape index (κ3) is 1.60. The highest BCUT2D eigenvalue weighted by Crippen LogP contribution is 2.25. The summed E-state index contributed by atoms with van der Waals surface area (Å²) in [5.41, 5.74) is -0.976. The standard InChI is InChI=1S/C5H8ClNOS/c1-4-7-5(8,2-6)3-9-4/h8H,2-3H2,1H3. The van der Waals surface area contributed by atoms with E-state index in [9.17, 15) is 5.11 Å². The lowest BCUT2D eigenvalue weighted by Crippen LogP contribution is -2.28. The van der Waals surface area contributed by atoms with Crippen LogP contribution in [-0.4, -0.2) is 27.5 Å². The molecule has 1 rings (SSSR count). The second kappa shape index (κ2) is 2.48. The lowest BCUT2D eigenvalue weighted by Gasteiger charge is -2.12. The van der Waals surface area contributed by atoms with Gasteiger partial charge in [-0.1, -0.05) is 0 Å². The highest BCUT2D eigenvalue weighted by atomic mass is 35.5. The minimum Gasteiger partial charge on any atom is -0.367 e. The number of hydrogen-bond donors (Lipinski definition) is 1. The Morgan fingerprint density at radius 1 is 2.00 bits per heavy atom. The van der Waals surface area contributed by atoms with Gasteiger partial charge in [0.1, 0.15) is 0 Å². The van der Waals surface area contributed by atoms with E-state index < -0.39 is 5.72 Å². The molecule has 0 aromatic rings. The number of alkyl halides is 1. The van der Waals surface area contributed by atoms with E-state index in [0.29, 0.717) is 5.75 Å². The Kier molecular flexibility index (Phi) is 2.03. The number of halogens is 1. The first kappa shape index (κ1) is 7.38. The molecule has 4 heteroatoms. The molecule has 1 atom stereocenters. The van der Waals surface area contributed by atoms with Crippen LogP contribution in [0.2, 0.25) is 0 Å². The predicted octanol–water partition coefficient (Wildman–Crippen LogP) is 1.08. The van der Waals surface area contributed by atoms with Crippen LogP contribution in [0.15, 0.2) is 4.99 Å². The van der Waals surface area contributed by atoms with Gasteiger partial charge in [0, 0.05) is 0 Å². The van der Waals surface area contributed by atoms with Crippen molar-refractivity contribution >= 4 is 28.4 Å². The molecule has 1 aliphatic heterocycles. The first-order valence-electron chi connectivity index (χ1n) is 2.64. The van der Waals surface area contributed by atoms with Crippen molar-refractivity contribution in [2.45, 2.75) is 12.6 Å². The van der Waals surface area contributed by atoms with Crippen molar-refractivity contribution in [3.63, 3.8) is 0 Å². The molecule has 0 aliphatic carbocycles. The van der Waals surface area contributed by atoms with Crippen molar-refractivity contribution in [2.75, 3.05) is 11.6 Å². The number of thioether (sulfide) groups is 1. The van der Waals surface area contributed by atoms with Crippen molar-refractivity contribution in [3.8, 4) is 0 Å². The van der Waals surface area contributed by atoms with E-state index >= 15 is 0 Å². The topological polar surface area (TPSA) is 32.6 Å². The molecule has 9 heavy (non-hydrogen) atoms. The Labute approximate surface area is 63.3 Å². The summed E-state index contributed by atoms with van der Waals surface area (Å²) in [5.74, 6) is 0.791. The van der Waals surface area contributed by atoms with Gasteiger partial charge in [-0.2, -0.15) is 0 Å². The highest BCUT2D eigenvalue weighted by Gasteiger charge is 2.30. The maximum Gasteiger partial charge on any atom is 0.179 e. The van der Waals surface area contributed by atoms with Crippen LogP contribution in [0.5, 0.6) is 0 Å². The van der Waals surface area contributed by atoms with Gasteiger partial charge in [0.2, 0.25) is 0 Å². The zero-order valence-electron chi connectivity index (χ0n) is 5.09. The minimum absolute atomic E-state index is 0.192. The van der Waals surface area contributed by atoms with Crippen LogP contribution >= 0.6 is 23.4 Å². The minimum atomic E-state index is -0.976. The second-order valence-corrected chi connectivity index (χ2v) is 3.47. The molecule has 0 spiro atoms. The first-order valence-corrected chi connectivity index (χ1v) is 4.16. The van der Waals surface area contributed by atoms with E-state index in [1.807, 2.05) is 6.92 Å². The van der Waals surface area contributed by atoms with Crippen molar-refractivity contribution < 1.29 is 5.11 Å². The molecule has 1 unspecified atom stereocenters. The molecule has 0 fully saturated rings. The quantitative estimate of drug-likeness (QED) is 0.590. The molecule has 1 aliphatic rings. The third-order valence-electron chi connectivity index (χ3n) is 1.09. The molecule has 0 aromatic carbocycles. The molecule has 1 N–H and O–H groups in total. The van der Waals surface area contributed by atoms with Gasteiger partial charge in [-0.3, -0.25) is 0 Å². The molecule has 1 heterocycles. The molecule has 0 aromatic heterocycles. The van der Waals surface area contributed by atoms with Crippen LogP contribution in [0.1, 0.15) is 6.92 Å². The molecular formula is C5H8ClNOS. The zero-order chi connectivity index (χ0) is 6.91. The van der Waals surface area contributed by atoms with E-state index in [1.54, 1.807) is 11.8 Å². The van der Waals surface area contributed by atoms with E-state index in [0.717, 1.165) is 5.04 Å². The number of rotatable bonds is 1. The van der Waals surface area contributed by atoms with Gasteiger partial charge in [0.15, 0.2) is 5.72 Å². The molecule has 0 amide bonds. The summed E-state index contributed by atoms with van der Waals surface area (Å²) in [4.78, 5) is 3.94. The van der Waals surface area contributed by atoms with Crippen molar-refractivity contribution in [2.24, 2.45) is 4.99 Å². The molecule has 52 valence electrons. The summed E-state index contributed by atoms with van der Waals surface area (Å²) in [7, 11) is 0. The van der Waals surface area contributed by atoms with Crippen molar-refractivity contribution in [3.05, 3.63) is 0 Å². The van der Waals surface area contributed by atoms with Gasteiger partial charge < -0.3 is 5.11 Å². The number of aliphatic imine (C=N–C) groups is 1. The van der Waals surface area contributed by atoms with Gasteiger partial charge in [0.25, 0.3) is 0 Å². The van der Waals surface area contributed by atoms with Gasteiger partial charge in [0.05, 0.1) is 16.7 Å². The van der Waals surface area contributed by atoms with Crippen LogP contribution < -0.4 is 0 Å². The average Bonchev–Trinajstić information content (AvgIpc) is 2.13. The Morgan fingerprint density at radius 3 is 2.89 bits per heavy atom. The highest BCUT2D eigenvalue weighted by molar-refractivity contribution is 8.14. The first-order chi connectivity index (χ1) is 4.16. The van der Waals surface area contributed by atoms with Crippen LogP contribution in [0.4, 0.5) is 0 Å². The Balaban J connectivity index is 2.64. The summed E-state index contributed by atoms with van der Waals surface area (Å²) < 4.78 is 0. The molecule has 0 saturated carbocycles. The normalized spacial score (nSPS) is 34.8. The largest absolute Gasteiger partial charge is 0.367 e. The second-order valence-electron chi connectivity index (χ2n) is 2.04. The van der Waals surface area contributed by atoms with Gasteiger partial charge >= 0.3 is 0 Å². The van der Waals surface area contributed by atoms with Crippen molar-refractivity contribution in [1.29, 1.82) is 0 Å². The Bertz CT molecular complexity index is 150. The molecule has 0 saturated heterocycles. The third-order valence-corrected chi connectivity index (χ3v) is 2.64. The predicted molar refractivity (Wildman–Crippen MR) is 41.2 cm³/mol. The molecule has 2 nitrogen and oxygen atoms in total. The smallest absolute Gasteiger partial charge is 0.179 e. The molecule has 0 radical (unpaired) electrons. The Morgan fingerprint density at radius 2 is 2.67 bits per heavy atom. The summed E-state index contributed by atoms with van der Waals surface area (Å²) in [5, 5.41) is 10.2. The van der Waals surface area contributed by atoms with Crippen LogP contribution in [0, 0.1) is 0 Å².